The number of ketones is 1. The topological polar surface area (TPSA) is 66.4 Å². The first kappa shape index (κ1) is 14.0. The number of hydrogen-bond donors (Lipinski definition) is 2. The average molecular weight is 297 g/mol. The van der Waals surface area contributed by atoms with Gasteiger partial charge in [0.1, 0.15) is 11.6 Å². The summed E-state index contributed by atoms with van der Waals surface area (Å²) in [7, 11) is 0. The maximum absolute atomic E-state index is 14.0. The zero-order valence-electron chi connectivity index (χ0n) is 11.4. The molecule has 110 valence electrons. The summed E-state index contributed by atoms with van der Waals surface area (Å²) in [5.41, 5.74) is 0.393. The second kappa shape index (κ2) is 5.44. The Kier molecular flexibility index (Phi) is 3.47. The van der Waals surface area contributed by atoms with Crippen LogP contribution in [0.25, 0.3) is 5.76 Å². The van der Waals surface area contributed by atoms with Gasteiger partial charge in [0.05, 0.1) is 11.6 Å². The van der Waals surface area contributed by atoms with E-state index in [9.17, 15) is 19.1 Å². The van der Waals surface area contributed by atoms with Gasteiger partial charge >= 0.3 is 0 Å². The summed E-state index contributed by atoms with van der Waals surface area (Å²) in [5.74, 6) is -2.58. The van der Waals surface area contributed by atoms with Crippen LogP contribution in [0.1, 0.15) is 17.2 Å². The fraction of sp³-hybridized carbons (Fsp3) is 0.0588. The van der Waals surface area contributed by atoms with Crippen molar-refractivity contribution in [3.63, 3.8) is 0 Å². The second-order valence-electron chi connectivity index (χ2n) is 4.89. The van der Waals surface area contributed by atoms with E-state index < -0.39 is 23.5 Å². The highest BCUT2D eigenvalue weighted by Crippen LogP contribution is 2.33. The molecular weight excluding hydrogens is 285 g/mol. The largest absolute Gasteiger partial charge is 0.507 e. The Morgan fingerprint density at radius 2 is 1.64 bits per heavy atom. The van der Waals surface area contributed by atoms with Gasteiger partial charge in [-0.25, -0.2) is 4.39 Å². The van der Waals surface area contributed by atoms with E-state index in [-0.39, 0.29) is 16.9 Å². The van der Waals surface area contributed by atoms with Gasteiger partial charge in [0, 0.05) is 11.1 Å². The summed E-state index contributed by atoms with van der Waals surface area (Å²) >= 11 is 0. The Bertz CT molecular complexity index is 784. The van der Waals surface area contributed by atoms with Crippen molar-refractivity contribution in [2.75, 3.05) is 0 Å². The van der Waals surface area contributed by atoms with Crippen molar-refractivity contribution in [1.82, 2.24) is 5.32 Å². The highest BCUT2D eigenvalue weighted by molar-refractivity contribution is 6.46. The van der Waals surface area contributed by atoms with Crippen molar-refractivity contribution in [2.24, 2.45) is 0 Å². The predicted octanol–water partition coefficient (Wildman–Crippen LogP) is 2.54. The normalized spacial score (nSPS) is 20.0. The summed E-state index contributed by atoms with van der Waals surface area (Å²) in [6.07, 6.45) is 0. The van der Waals surface area contributed by atoms with Gasteiger partial charge in [0.15, 0.2) is 0 Å². The number of benzene rings is 2. The van der Waals surface area contributed by atoms with Crippen molar-refractivity contribution in [1.29, 1.82) is 0 Å². The fourth-order valence-electron chi connectivity index (χ4n) is 2.46. The van der Waals surface area contributed by atoms with Crippen LogP contribution in [-0.4, -0.2) is 16.8 Å². The molecule has 2 aromatic rings. The molecule has 0 spiro atoms. The molecule has 0 aliphatic carbocycles. The minimum atomic E-state index is -0.999. The van der Waals surface area contributed by atoms with Crippen LogP contribution in [0.5, 0.6) is 0 Å². The Morgan fingerprint density at radius 3 is 2.32 bits per heavy atom. The number of halogens is 1. The molecule has 3 rings (SSSR count). The van der Waals surface area contributed by atoms with Gasteiger partial charge < -0.3 is 10.4 Å². The van der Waals surface area contributed by atoms with E-state index in [1.165, 1.54) is 18.2 Å². The van der Waals surface area contributed by atoms with E-state index in [0.29, 0.717) is 5.56 Å². The van der Waals surface area contributed by atoms with Crippen LogP contribution in [-0.2, 0) is 9.59 Å². The molecule has 1 atom stereocenters. The summed E-state index contributed by atoms with van der Waals surface area (Å²) in [6.45, 7) is 0. The molecule has 22 heavy (non-hydrogen) atoms. The van der Waals surface area contributed by atoms with E-state index >= 15 is 0 Å². The second-order valence-corrected chi connectivity index (χ2v) is 4.89. The number of carbonyl (C=O) groups is 2. The van der Waals surface area contributed by atoms with E-state index in [1.54, 1.807) is 36.4 Å². The smallest absolute Gasteiger partial charge is 0.293 e. The number of nitrogens with one attached hydrogen (secondary N) is 1. The van der Waals surface area contributed by atoms with Crippen molar-refractivity contribution >= 4 is 17.4 Å². The van der Waals surface area contributed by atoms with Crippen molar-refractivity contribution in [3.05, 3.63) is 77.1 Å². The molecule has 1 unspecified atom stereocenters. The van der Waals surface area contributed by atoms with Crippen LogP contribution < -0.4 is 5.32 Å². The summed E-state index contributed by atoms with van der Waals surface area (Å²) in [4.78, 5) is 23.7. The molecular formula is C17H12FNO3. The maximum atomic E-state index is 14.0. The third kappa shape index (κ3) is 2.26. The van der Waals surface area contributed by atoms with Gasteiger partial charge in [0.2, 0.25) is 0 Å². The van der Waals surface area contributed by atoms with E-state index in [1.807, 2.05) is 0 Å². The zero-order valence-corrected chi connectivity index (χ0v) is 11.4. The SMILES string of the molecule is O=C1NC(c2ccccc2F)/C(=C(/O)c2ccccc2)C1=O. The average Bonchev–Trinajstić information content (AvgIpc) is 2.83. The molecule has 1 amide bonds. The molecule has 0 radical (unpaired) electrons. The monoisotopic (exact) mass is 297 g/mol. The van der Waals surface area contributed by atoms with E-state index in [4.69, 9.17) is 0 Å². The first-order valence-electron chi connectivity index (χ1n) is 6.67. The molecule has 2 aromatic carbocycles. The predicted molar refractivity (Wildman–Crippen MR) is 78.3 cm³/mol. The molecule has 1 aliphatic rings. The molecule has 1 saturated heterocycles. The Hall–Kier alpha value is -2.95. The summed E-state index contributed by atoms with van der Waals surface area (Å²) in [6, 6.07) is 13.2. The molecule has 1 heterocycles. The maximum Gasteiger partial charge on any atom is 0.293 e. The first-order chi connectivity index (χ1) is 10.6. The van der Waals surface area contributed by atoms with Gasteiger partial charge in [-0.3, -0.25) is 9.59 Å². The van der Waals surface area contributed by atoms with Crippen LogP contribution in [0.4, 0.5) is 4.39 Å². The first-order valence-corrected chi connectivity index (χ1v) is 6.67. The minimum Gasteiger partial charge on any atom is -0.507 e. The summed E-state index contributed by atoms with van der Waals surface area (Å²) < 4.78 is 14.0. The quantitative estimate of drug-likeness (QED) is 0.508. The lowest BCUT2D eigenvalue weighted by Gasteiger charge is -2.14. The van der Waals surface area contributed by atoms with Crippen molar-refractivity contribution in [3.8, 4) is 0 Å². The number of amides is 1. The van der Waals surface area contributed by atoms with Gasteiger partial charge in [-0.15, -0.1) is 0 Å². The molecule has 1 aliphatic heterocycles. The standard InChI is InChI=1S/C17H12FNO3/c18-12-9-5-4-8-11(12)14-13(16(21)17(22)19-14)15(20)10-6-2-1-3-7-10/h1-9,14,20H,(H,19,22)/b15-13-. The van der Waals surface area contributed by atoms with Gasteiger partial charge in [-0.1, -0.05) is 48.5 Å². The van der Waals surface area contributed by atoms with Crippen LogP contribution in [0, 0.1) is 5.82 Å². The van der Waals surface area contributed by atoms with E-state index in [2.05, 4.69) is 5.32 Å². The molecule has 0 bridgehead atoms. The van der Waals surface area contributed by atoms with Crippen molar-refractivity contribution < 1.29 is 19.1 Å². The van der Waals surface area contributed by atoms with E-state index in [0.717, 1.165) is 0 Å². The summed E-state index contributed by atoms with van der Waals surface area (Å²) in [5, 5.41) is 12.8. The third-order valence-electron chi connectivity index (χ3n) is 3.53. The Balaban J connectivity index is 2.16. The zero-order chi connectivity index (χ0) is 15.7. The number of aliphatic hydroxyl groups is 1. The molecule has 0 aromatic heterocycles. The Morgan fingerprint density at radius 1 is 1.00 bits per heavy atom. The molecule has 2 N–H and O–H groups in total. The lowest BCUT2D eigenvalue weighted by molar-refractivity contribution is -0.133. The van der Waals surface area contributed by atoms with Crippen LogP contribution >= 0.6 is 0 Å². The molecule has 1 fully saturated rings. The van der Waals surface area contributed by atoms with Crippen molar-refractivity contribution in [2.45, 2.75) is 6.04 Å². The number of rotatable bonds is 2. The molecule has 5 heteroatoms. The van der Waals surface area contributed by atoms with Gasteiger partial charge in [-0.05, 0) is 6.07 Å². The number of carbonyl (C=O) groups excluding carboxylic acids is 2. The van der Waals surface area contributed by atoms with Gasteiger partial charge in [-0.2, -0.15) is 0 Å². The number of Topliss-reactive ketones (excluding diaryl/α,β-unsaturated/α-hetero) is 1. The minimum absolute atomic E-state index is 0.138. The van der Waals surface area contributed by atoms with Crippen LogP contribution in [0.2, 0.25) is 0 Å². The lowest BCUT2D eigenvalue weighted by Crippen LogP contribution is -2.21. The van der Waals surface area contributed by atoms with Crippen LogP contribution in [0.3, 0.4) is 0 Å². The Labute approximate surface area is 125 Å². The lowest BCUT2D eigenvalue weighted by atomic mass is 9.95. The molecule has 4 nitrogen and oxygen atoms in total. The van der Waals surface area contributed by atoms with Crippen LogP contribution in [0.15, 0.2) is 60.2 Å². The highest BCUT2D eigenvalue weighted by atomic mass is 19.1. The van der Waals surface area contributed by atoms with Gasteiger partial charge in [0.25, 0.3) is 11.7 Å². The third-order valence-corrected chi connectivity index (χ3v) is 3.53. The number of hydrogen-bond acceptors (Lipinski definition) is 3. The number of aliphatic hydroxyl groups excluding tert-OH is 1. The highest BCUT2D eigenvalue weighted by Gasteiger charge is 2.40. The fourth-order valence-corrected chi connectivity index (χ4v) is 2.46. The molecule has 0 saturated carbocycles.